The third kappa shape index (κ3) is 8.62. The molecule has 0 aliphatic rings. The molecule has 0 spiro atoms. The minimum Gasteiger partial charge on any atom is -0.507 e. The van der Waals surface area contributed by atoms with Crippen molar-refractivity contribution in [3.05, 3.63) is 205 Å². The van der Waals surface area contributed by atoms with Crippen LogP contribution in [0, 0.1) is 17.4 Å². The molecule has 0 amide bonds. The molecule has 0 unspecified atom stereocenters. The summed E-state index contributed by atoms with van der Waals surface area (Å²) in [5.74, 6) is 0.179. The first kappa shape index (κ1) is 44.8. The molecule has 0 saturated carbocycles. The zero-order valence-corrected chi connectivity index (χ0v) is 40.6. The Morgan fingerprint density at radius 3 is 1.82 bits per heavy atom. The molecule has 330 valence electrons. The van der Waals surface area contributed by atoms with Crippen LogP contribution in [0.5, 0.6) is 5.75 Å². The quantitative estimate of drug-likeness (QED) is 0.161. The van der Waals surface area contributed by atoms with E-state index in [1.54, 1.807) is 6.07 Å². The Morgan fingerprint density at radius 2 is 1.10 bits per heavy atom. The average Bonchev–Trinajstić information content (AvgIpc) is 3.68. The number of para-hydroxylation sites is 3. The number of nitrogens with zero attached hydrogens (tertiary/aromatic N) is 4. The van der Waals surface area contributed by atoms with Gasteiger partial charge in [0.25, 0.3) is 0 Å². The molecule has 0 saturated heterocycles. The Balaban J connectivity index is 0.00000562. The number of aromatic hydroxyl groups is 1. The predicted octanol–water partition coefficient (Wildman–Crippen LogP) is 15.5. The van der Waals surface area contributed by atoms with Crippen molar-refractivity contribution in [1.29, 1.82) is 5.26 Å². The van der Waals surface area contributed by atoms with Crippen LogP contribution in [0.3, 0.4) is 0 Å². The van der Waals surface area contributed by atoms with Crippen LogP contribution in [0.1, 0.15) is 58.2 Å². The summed E-state index contributed by atoms with van der Waals surface area (Å²) in [6, 6.07) is 66.2. The van der Waals surface area contributed by atoms with Gasteiger partial charge in [0.15, 0.2) is 0 Å². The topological polar surface area (TPSA) is 74.7 Å². The minimum atomic E-state index is -0.0592. The number of phenolic OH excluding ortho intramolecular Hbond substituents is 1. The van der Waals surface area contributed by atoms with Crippen LogP contribution in [0.15, 0.2) is 182 Å². The van der Waals surface area contributed by atoms with E-state index >= 15 is 0 Å². The molecule has 10 aromatic rings. The summed E-state index contributed by atoms with van der Waals surface area (Å²) in [6.07, 6.45) is 1.88. The molecule has 5 nitrogen and oxygen atoms in total. The van der Waals surface area contributed by atoms with E-state index < -0.39 is 0 Å². The standard InChI is InChI=1S/C61H49N4O.Pt/c1-60(2,3)46-32-44(33-47(37-46)61(4,5)6)45-35-55(64-56(36-45)53-20-10-12-24-58(53)66)42-17-13-16-41(31-42)54-34-40(29-30-63-54)50-21-14-22-52-51-19-9-11-23-57(51)65(59(50)52)48-27-25-39(26-28-48)49-18-8-7-15-43(49)38-62;/h7-30,32-37,66H,1-6H3;/q-1;. The van der Waals surface area contributed by atoms with Gasteiger partial charge in [-0.25, -0.2) is 0 Å². The summed E-state index contributed by atoms with van der Waals surface area (Å²) in [4.78, 5) is 10.1. The third-order valence-corrected chi connectivity index (χ3v) is 12.6. The van der Waals surface area contributed by atoms with Gasteiger partial charge in [0, 0.05) is 66.2 Å². The molecule has 10 rings (SSSR count). The van der Waals surface area contributed by atoms with Gasteiger partial charge >= 0.3 is 0 Å². The van der Waals surface area contributed by atoms with Gasteiger partial charge in [-0.2, -0.15) is 5.26 Å². The van der Waals surface area contributed by atoms with Crippen molar-refractivity contribution in [2.24, 2.45) is 0 Å². The molecule has 67 heavy (non-hydrogen) atoms. The van der Waals surface area contributed by atoms with Crippen molar-refractivity contribution in [2.75, 3.05) is 0 Å². The molecule has 3 heterocycles. The molecule has 1 N–H and O–H groups in total. The Hall–Kier alpha value is -7.38. The summed E-state index contributed by atoms with van der Waals surface area (Å²) in [7, 11) is 0. The van der Waals surface area contributed by atoms with Gasteiger partial charge < -0.3 is 9.67 Å². The van der Waals surface area contributed by atoms with Crippen molar-refractivity contribution >= 4 is 21.8 Å². The second-order valence-electron chi connectivity index (χ2n) is 19.1. The van der Waals surface area contributed by atoms with E-state index in [1.807, 2.05) is 60.8 Å². The Kier molecular flexibility index (Phi) is 11.9. The van der Waals surface area contributed by atoms with Crippen LogP contribution in [0.4, 0.5) is 0 Å². The number of rotatable bonds is 7. The first-order valence-electron chi connectivity index (χ1n) is 22.4. The maximum absolute atomic E-state index is 11.1. The zero-order valence-electron chi connectivity index (χ0n) is 38.4. The van der Waals surface area contributed by atoms with E-state index in [4.69, 9.17) is 9.97 Å². The van der Waals surface area contributed by atoms with E-state index in [9.17, 15) is 10.4 Å². The van der Waals surface area contributed by atoms with Crippen molar-refractivity contribution in [1.82, 2.24) is 14.5 Å². The van der Waals surface area contributed by atoms with Crippen LogP contribution >= 0.6 is 0 Å². The number of phenols is 1. The molecular formula is C61H49N4OPt-. The van der Waals surface area contributed by atoms with E-state index in [1.165, 1.54) is 16.5 Å². The number of pyridine rings is 2. The number of hydrogen-bond donors (Lipinski definition) is 1. The number of fused-ring (bicyclic) bond motifs is 3. The summed E-state index contributed by atoms with van der Waals surface area (Å²) in [6.45, 7) is 13.5. The summed E-state index contributed by atoms with van der Waals surface area (Å²) in [5, 5.41) is 23.2. The molecule has 0 radical (unpaired) electrons. The molecule has 0 aliphatic carbocycles. The summed E-state index contributed by atoms with van der Waals surface area (Å²) < 4.78 is 2.34. The maximum atomic E-state index is 11.1. The van der Waals surface area contributed by atoms with Crippen LogP contribution in [-0.4, -0.2) is 19.6 Å². The van der Waals surface area contributed by atoms with Crippen molar-refractivity contribution in [3.8, 4) is 84.7 Å². The molecule has 3 aromatic heterocycles. The van der Waals surface area contributed by atoms with E-state index in [0.29, 0.717) is 16.8 Å². The number of hydrogen-bond acceptors (Lipinski definition) is 4. The van der Waals surface area contributed by atoms with Crippen LogP contribution in [-0.2, 0) is 31.9 Å². The van der Waals surface area contributed by atoms with Gasteiger partial charge in [-0.3, -0.25) is 9.97 Å². The Labute approximate surface area is 407 Å². The minimum absolute atomic E-state index is 0. The molecular weight excluding hydrogens is 1000 g/mol. The van der Waals surface area contributed by atoms with Crippen molar-refractivity contribution in [3.63, 3.8) is 0 Å². The van der Waals surface area contributed by atoms with Gasteiger partial charge in [0.1, 0.15) is 5.75 Å². The third-order valence-electron chi connectivity index (χ3n) is 12.6. The molecule has 0 atom stereocenters. The van der Waals surface area contributed by atoms with Crippen molar-refractivity contribution in [2.45, 2.75) is 52.4 Å². The monoisotopic (exact) mass is 1050 g/mol. The maximum Gasteiger partial charge on any atom is 0.124 e. The molecule has 0 bridgehead atoms. The largest absolute Gasteiger partial charge is 0.507 e. The smallest absolute Gasteiger partial charge is 0.124 e. The fourth-order valence-electron chi connectivity index (χ4n) is 8.98. The van der Waals surface area contributed by atoms with Gasteiger partial charge in [-0.05, 0) is 98.3 Å². The van der Waals surface area contributed by atoms with E-state index in [-0.39, 0.29) is 37.6 Å². The zero-order chi connectivity index (χ0) is 45.7. The first-order valence-corrected chi connectivity index (χ1v) is 22.4. The summed E-state index contributed by atoms with van der Waals surface area (Å²) in [5.41, 5.74) is 17.0. The normalized spacial score (nSPS) is 11.7. The fraction of sp³-hybridized carbons (Fsp3) is 0.131. The number of nitriles is 1. The van der Waals surface area contributed by atoms with Gasteiger partial charge in [-0.1, -0.05) is 162 Å². The summed E-state index contributed by atoms with van der Waals surface area (Å²) >= 11 is 0. The Bertz CT molecular complexity index is 3500. The second kappa shape index (κ2) is 17.8. The number of benzene rings is 7. The van der Waals surface area contributed by atoms with Gasteiger partial charge in [0.05, 0.1) is 28.4 Å². The van der Waals surface area contributed by atoms with Gasteiger partial charge in [0.2, 0.25) is 0 Å². The SMILES string of the molecule is CC(C)(C)c1cc(-c2cc(-c3[c-]c(-c4cc(-c5cccc6c7ccccc7n(-c7ccc(-c8ccccc8C#N)cc7)c56)ccn4)ccc3)nc(-c3ccccc3O)c2)cc(C(C)(C)C)c1.[Pt]. The number of aromatic nitrogens is 3. The van der Waals surface area contributed by atoms with Crippen LogP contribution in [0.25, 0.3) is 94.6 Å². The second-order valence-corrected chi connectivity index (χ2v) is 19.1. The van der Waals surface area contributed by atoms with Crippen LogP contribution < -0.4 is 0 Å². The van der Waals surface area contributed by atoms with Gasteiger partial charge in [-0.15, -0.1) is 24.3 Å². The predicted molar refractivity (Wildman–Crippen MR) is 272 cm³/mol. The molecule has 0 fully saturated rings. The van der Waals surface area contributed by atoms with Crippen LogP contribution in [0.2, 0.25) is 0 Å². The fourth-order valence-corrected chi connectivity index (χ4v) is 8.98. The molecule has 7 aromatic carbocycles. The molecule has 6 heteroatoms. The first-order chi connectivity index (χ1) is 31.8. The Morgan fingerprint density at radius 1 is 0.522 bits per heavy atom. The molecule has 0 aliphatic heterocycles. The van der Waals surface area contributed by atoms with Crippen molar-refractivity contribution < 1.29 is 26.2 Å². The average molecular weight is 1050 g/mol. The van der Waals surface area contributed by atoms with E-state index in [0.717, 1.165) is 78.0 Å². The van der Waals surface area contributed by atoms with E-state index in [2.05, 4.69) is 174 Å².